The van der Waals surface area contributed by atoms with Crippen molar-refractivity contribution >= 4 is 22.9 Å². The smallest absolute Gasteiger partial charge is 0.124 e. The molecule has 0 atom stereocenters. The summed E-state index contributed by atoms with van der Waals surface area (Å²) in [6, 6.07) is 4.39. The lowest BCUT2D eigenvalue weighted by atomic mass is 10.1. The molecular formula is C11H16FN3S. The number of likely N-dealkylation sites (N-methyl/N-ethyl adjacent to an activating group) is 1. The minimum absolute atomic E-state index is 0.201. The lowest BCUT2D eigenvalue weighted by Gasteiger charge is -2.14. The first kappa shape index (κ1) is 12.9. The van der Waals surface area contributed by atoms with Crippen LogP contribution < -0.4 is 11.1 Å². The van der Waals surface area contributed by atoms with Gasteiger partial charge in [-0.3, -0.25) is 0 Å². The SMILES string of the molecule is CN(C)CCNc1ccc(F)cc1C(N)=S. The number of nitrogens with two attached hydrogens (primary N) is 1. The van der Waals surface area contributed by atoms with Crippen molar-refractivity contribution in [2.45, 2.75) is 0 Å². The maximum absolute atomic E-state index is 13.0. The van der Waals surface area contributed by atoms with Crippen molar-refractivity contribution in [1.29, 1.82) is 0 Å². The number of benzene rings is 1. The van der Waals surface area contributed by atoms with E-state index in [9.17, 15) is 4.39 Å². The molecule has 1 aromatic rings. The van der Waals surface area contributed by atoms with Crippen LogP contribution >= 0.6 is 12.2 Å². The molecule has 3 N–H and O–H groups in total. The van der Waals surface area contributed by atoms with Crippen LogP contribution in [0.15, 0.2) is 18.2 Å². The van der Waals surface area contributed by atoms with Gasteiger partial charge in [0, 0.05) is 24.3 Å². The van der Waals surface area contributed by atoms with Gasteiger partial charge in [0.05, 0.1) is 0 Å². The fraction of sp³-hybridized carbons (Fsp3) is 0.364. The number of thiocarbonyl (C=S) groups is 1. The Morgan fingerprint density at radius 3 is 2.75 bits per heavy atom. The molecule has 1 rings (SSSR count). The third kappa shape index (κ3) is 3.75. The highest BCUT2D eigenvalue weighted by molar-refractivity contribution is 7.80. The van der Waals surface area contributed by atoms with E-state index < -0.39 is 0 Å². The third-order valence-electron chi connectivity index (χ3n) is 2.12. The molecular weight excluding hydrogens is 225 g/mol. The molecule has 3 nitrogen and oxygen atoms in total. The highest BCUT2D eigenvalue weighted by Crippen LogP contribution is 2.16. The monoisotopic (exact) mass is 241 g/mol. The average molecular weight is 241 g/mol. The van der Waals surface area contributed by atoms with Gasteiger partial charge in [-0.15, -0.1) is 0 Å². The van der Waals surface area contributed by atoms with Gasteiger partial charge >= 0.3 is 0 Å². The molecule has 0 amide bonds. The Morgan fingerprint density at radius 1 is 1.50 bits per heavy atom. The standard InChI is InChI=1S/C11H16FN3S/c1-15(2)6-5-14-10-4-3-8(12)7-9(10)11(13)16/h3-4,7,14H,5-6H2,1-2H3,(H2,13,16). The number of rotatable bonds is 5. The molecule has 88 valence electrons. The maximum Gasteiger partial charge on any atom is 0.124 e. The molecule has 0 bridgehead atoms. The van der Waals surface area contributed by atoms with Crippen molar-refractivity contribution in [2.75, 3.05) is 32.5 Å². The van der Waals surface area contributed by atoms with Gasteiger partial charge in [-0.05, 0) is 32.3 Å². The third-order valence-corrected chi connectivity index (χ3v) is 2.34. The molecule has 0 aromatic heterocycles. The highest BCUT2D eigenvalue weighted by atomic mass is 32.1. The van der Waals surface area contributed by atoms with E-state index in [2.05, 4.69) is 10.2 Å². The van der Waals surface area contributed by atoms with E-state index in [4.69, 9.17) is 18.0 Å². The van der Waals surface area contributed by atoms with Gasteiger partial charge < -0.3 is 16.0 Å². The Morgan fingerprint density at radius 2 is 2.19 bits per heavy atom. The minimum atomic E-state index is -0.332. The lowest BCUT2D eigenvalue weighted by Crippen LogP contribution is -2.22. The van der Waals surface area contributed by atoms with Gasteiger partial charge in [-0.1, -0.05) is 12.2 Å². The predicted octanol–water partition coefficient (Wildman–Crippen LogP) is 1.43. The summed E-state index contributed by atoms with van der Waals surface area (Å²) in [5.74, 6) is -0.332. The molecule has 0 spiro atoms. The van der Waals surface area contributed by atoms with Crippen molar-refractivity contribution in [2.24, 2.45) is 5.73 Å². The second-order valence-corrected chi connectivity index (χ2v) is 4.22. The number of halogens is 1. The second-order valence-electron chi connectivity index (χ2n) is 3.78. The largest absolute Gasteiger partial charge is 0.389 e. The number of nitrogens with one attached hydrogen (secondary N) is 1. The van der Waals surface area contributed by atoms with E-state index >= 15 is 0 Å². The number of anilines is 1. The molecule has 0 heterocycles. The van der Waals surface area contributed by atoms with Crippen LogP contribution in [-0.4, -0.2) is 37.1 Å². The molecule has 0 aliphatic carbocycles. The number of nitrogens with zero attached hydrogens (tertiary/aromatic N) is 1. The summed E-state index contributed by atoms with van der Waals surface area (Å²) in [6.07, 6.45) is 0. The molecule has 1 aromatic carbocycles. The van der Waals surface area contributed by atoms with Gasteiger partial charge in [-0.2, -0.15) is 0 Å². The number of hydrogen-bond donors (Lipinski definition) is 2. The molecule has 0 aliphatic rings. The fourth-order valence-corrected chi connectivity index (χ4v) is 1.46. The normalized spacial score (nSPS) is 10.5. The Kier molecular flexibility index (Phi) is 4.64. The highest BCUT2D eigenvalue weighted by Gasteiger charge is 2.06. The predicted molar refractivity (Wildman–Crippen MR) is 69.3 cm³/mol. The maximum atomic E-state index is 13.0. The summed E-state index contributed by atoms with van der Waals surface area (Å²) in [5, 5.41) is 3.18. The molecule has 5 heteroatoms. The van der Waals surface area contributed by atoms with Crippen LogP contribution in [0, 0.1) is 5.82 Å². The Labute approximate surface area is 100 Å². The summed E-state index contributed by atoms with van der Waals surface area (Å²) in [7, 11) is 3.97. The Hall–Kier alpha value is -1.20. The first-order valence-corrected chi connectivity index (χ1v) is 5.39. The summed E-state index contributed by atoms with van der Waals surface area (Å²) < 4.78 is 13.0. The molecule has 0 radical (unpaired) electrons. The van der Waals surface area contributed by atoms with E-state index in [1.165, 1.54) is 12.1 Å². The molecule has 16 heavy (non-hydrogen) atoms. The van der Waals surface area contributed by atoms with Gasteiger partial charge in [0.2, 0.25) is 0 Å². The van der Waals surface area contributed by atoms with E-state index in [-0.39, 0.29) is 10.8 Å². The zero-order chi connectivity index (χ0) is 12.1. The molecule has 0 saturated heterocycles. The average Bonchev–Trinajstić information content (AvgIpc) is 2.19. The van der Waals surface area contributed by atoms with E-state index in [0.29, 0.717) is 5.56 Å². The van der Waals surface area contributed by atoms with Crippen molar-refractivity contribution < 1.29 is 4.39 Å². The van der Waals surface area contributed by atoms with Gasteiger partial charge in [0.15, 0.2) is 0 Å². The molecule has 0 unspecified atom stereocenters. The van der Waals surface area contributed by atoms with Crippen LogP contribution in [-0.2, 0) is 0 Å². The van der Waals surface area contributed by atoms with Crippen LogP contribution in [0.4, 0.5) is 10.1 Å². The van der Waals surface area contributed by atoms with E-state index in [1.54, 1.807) is 6.07 Å². The van der Waals surface area contributed by atoms with Crippen molar-refractivity contribution in [3.8, 4) is 0 Å². The van der Waals surface area contributed by atoms with Gasteiger partial charge in [0.1, 0.15) is 10.8 Å². The second kappa shape index (κ2) is 5.77. The van der Waals surface area contributed by atoms with E-state index in [0.717, 1.165) is 18.8 Å². The fourth-order valence-electron chi connectivity index (χ4n) is 1.29. The van der Waals surface area contributed by atoms with Crippen molar-refractivity contribution in [1.82, 2.24) is 4.90 Å². The zero-order valence-electron chi connectivity index (χ0n) is 9.46. The quantitative estimate of drug-likeness (QED) is 0.765. The molecule has 0 saturated carbocycles. The summed E-state index contributed by atoms with van der Waals surface area (Å²) in [4.78, 5) is 2.25. The Balaban J connectivity index is 2.75. The molecule has 0 aliphatic heterocycles. The zero-order valence-corrected chi connectivity index (χ0v) is 10.3. The first-order chi connectivity index (χ1) is 7.50. The number of hydrogen-bond acceptors (Lipinski definition) is 3. The summed E-state index contributed by atoms with van der Waals surface area (Å²) in [6.45, 7) is 1.64. The summed E-state index contributed by atoms with van der Waals surface area (Å²) in [5.41, 5.74) is 6.85. The van der Waals surface area contributed by atoms with Crippen molar-refractivity contribution in [3.63, 3.8) is 0 Å². The van der Waals surface area contributed by atoms with Crippen LogP contribution in [0.25, 0.3) is 0 Å². The van der Waals surface area contributed by atoms with Crippen LogP contribution in [0.1, 0.15) is 5.56 Å². The molecule has 0 fully saturated rings. The minimum Gasteiger partial charge on any atom is -0.389 e. The first-order valence-electron chi connectivity index (χ1n) is 4.98. The van der Waals surface area contributed by atoms with Crippen molar-refractivity contribution in [3.05, 3.63) is 29.6 Å². The van der Waals surface area contributed by atoms with Crippen LogP contribution in [0.2, 0.25) is 0 Å². The Bertz CT molecular complexity index is 379. The van der Waals surface area contributed by atoms with Gasteiger partial charge in [-0.25, -0.2) is 4.39 Å². The topological polar surface area (TPSA) is 41.3 Å². The van der Waals surface area contributed by atoms with E-state index in [1.807, 2.05) is 14.1 Å². The van der Waals surface area contributed by atoms with Crippen LogP contribution in [0.3, 0.4) is 0 Å². The van der Waals surface area contributed by atoms with Gasteiger partial charge in [0.25, 0.3) is 0 Å². The lowest BCUT2D eigenvalue weighted by molar-refractivity contribution is 0.425. The summed E-state index contributed by atoms with van der Waals surface area (Å²) >= 11 is 4.87. The van der Waals surface area contributed by atoms with Crippen LogP contribution in [0.5, 0.6) is 0 Å².